The molecule has 0 bridgehead atoms. The first kappa shape index (κ1) is 10.5. The summed E-state index contributed by atoms with van der Waals surface area (Å²) >= 11 is 0. The molecule has 0 aliphatic carbocycles. The highest BCUT2D eigenvalue weighted by atomic mass is 16.1. The first-order valence-corrected chi connectivity index (χ1v) is 4.72. The minimum Gasteiger partial charge on any atom is -0.366 e. The third-order valence-corrected chi connectivity index (χ3v) is 2.17. The summed E-state index contributed by atoms with van der Waals surface area (Å²) < 4.78 is 0. The molecule has 1 aromatic carbocycles. The van der Waals surface area contributed by atoms with Crippen molar-refractivity contribution in [1.29, 1.82) is 0 Å². The molecule has 0 radical (unpaired) electrons. The van der Waals surface area contributed by atoms with Crippen molar-refractivity contribution in [2.45, 2.75) is 20.3 Å². The van der Waals surface area contributed by atoms with E-state index in [0.29, 0.717) is 5.56 Å². The van der Waals surface area contributed by atoms with Crippen LogP contribution in [0.4, 0.5) is 0 Å². The lowest BCUT2D eigenvalue weighted by Crippen LogP contribution is -2.12. The van der Waals surface area contributed by atoms with Crippen molar-refractivity contribution < 1.29 is 4.79 Å². The highest BCUT2D eigenvalue weighted by molar-refractivity contribution is 5.95. The summed E-state index contributed by atoms with van der Waals surface area (Å²) in [6.07, 6.45) is 5.06. The van der Waals surface area contributed by atoms with Gasteiger partial charge in [0.2, 0.25) is 5.91 Å². The van der Waals surface area contributed by atoms with Crippen LogP contribution in [0, 0.1) is 6.92 Å². The molecule has 74 valence electrons. The SMILES string of the molecule is CCC=Cc1cccc(C(N)=O)c1C. The Morgan fingerprint density at radius 1 is 1.50 bits per heavy atom. The minimum absolute atomic E-state index is 0.366. The molecule has 0 aliphatic rings. The van der Waals surface area contributed by atoms with Gasteiger partial charge in [-0.25, -0.2) is 0 Å². The van der Waals surface area contributed by atoms with E-state index in [-0.39, 0.29) is 5.91 Å². The summed E-state index contributed by atoms with van der Waals surface area (Å²) in [5, 5.41) is 0. The van der Waals surface area contributed by atoms with Crippen molar-refractivity contribution in [3.05, 3.63) is 41.0 Å². The van der Waals surface area contributed by atoms with E-state index in [4.69, 9.17) is 5.73 Å². The van der Waals surface area contributed by atoms with Gasteiger partial charge in [0.15, 0.2) is 0 Å². The molecule has 0 heterocycles. The van der Waals surface area contributed by atoms with Gasteiger partial charge in [0.1, 0.15) is 0 Å². The van der Waals surface area contributed by atoms with Gasteiger partial charge in [0, 0.05) is 5.56 Å². The molecule has 0 aromatic heterocycles. The molecule has 0 saturated carbocycles. The lowest BCUT2D eigenvalue weighted by atomic mass is 10.0. The summed E-state index contributed by atoms with van der Waals surface area (Å²) in [7, 11) is 0. The highest BCUT2D eigenvalue weighted by Gasteiger charge is 2.05. The van der Waals surface area contributed by atoms with Gasteiger partial charge in [-0.05, 0) is 30.5 Å². The molecule has 1 amide bonds. The Balaban J connectivity index is 3.14. The van der Waals surface area contributed by atoms with Crippen molar-refractivity contribution in [2.24, 2.45) is 5.73 Å². The number of rotatable bonds is 3. The molecule has 0 saturated heterocycles. The van der Waals surface area contributed by atoms with Gasteiger partial charge in [0.25, 0.3) is 0 Å². The molecular weight excluding hydrogens is 174 g/mol. The van der Waals surface area contributed by atoms with Crippen LogP contribution in [0.15, 0.2) is 24.3 Å². The number of benzene rings is 1. The van der Waals surface area contributed by atoms with Crippen LogP contribution < -0.4 is 5.73 Å². The third-order valence-electron chi connectivity index (χ3n) is 2.17. The van der Waals surface area contributed by atoms with E-state index < -0.39 is 0 Å². The molecule has 0 unspecified atom stereocenters. The van der Waals surface area contributed by atoms with Gasteiger partial charge in [-0.2, -0.15) is 0 Å². The maximum atomic E-state index is 11.0. The van der Waals surface area contributed by atoms with Crippen LogP contribution in [0.3, 0.4) is 0 Å². The van der Waals surface area contributed by atoms with Gasteiger partial charge in [-0.3, -0.25) is 4.79 Å². The fraction of sp³-hybridized carbons (Fsp3) is 0.250. The second-order valence-electron chi connectivity index (χ2n) is 3.19. The zero-order valence-electron chi connectivity index (χ0n) is 8.58. The van der Waals surface area contributed by atoms with E-state index in [1.54, 1.807) is 6.07 Å². The van der Waals surface area contributed by atoms with Crippen LogP contribution in [0.2, 0.25) is 0 Å². The van der Waals surface area contributed by atoms with E-state index in [2.05, 4.69) is 13.0 Å². The summed E-state index contributed by atoms with van der Waals surface area (Å²) in [6, 6.07) is 5.58. The van der Waals surface area contributed by atoms with Crippen LogP contribution in [0.5, 0.6) is 0 Å². The first-order valence-electron chi connectivity index (χ1n) is 4.72. The number of allylic oxidation sites excluding steroid dienone is 1. The third kappa shape index (κ3) is 2.22. The number of amides is 1. The zero-order chi connectivity index (χ0) is 10.6. The van der Waals surface area contributed by atoms with Crippen LogP contribution in [-0.2, 0) is 0 Å². The molecule has 2 heteroatoms. The van der Waals surface area contributed by atoms with Crippen molar-refractivity contribution in [3.63, 3.8) is 0 Å². The van der Waals surface area contributed by atoms with Crippen molar-refractivity contribution in [3.8, 4) is 0 Å². The molecule has 0 aliphatic heterocycles. The number of carbonyl (C=O) groups excluding carboxylic acids is 1. The Kier molecular flexibility index (Phi) is 3.46. The average Bonchev–Trinajstić information content (AvgIpc) is 2.16. The molecule has 14 heavy (non-hydrogen) atoms. The van der Waals surface area contributed by atoms with E-state index in [1.165, 1.54) is 0 Å². The Bertz CT molecular complexity index is 367. The Hall–Kier alpha value is -1.57. The number of hydrogen-bond acceptors (Lipinski definition) is 1. The number of carbonyl (C=O) groups is 1. The Labute approximate surface area is 84.4 Å². The van der Waals surface area contributed by atoms with Crippen LogP contribution >= 0.6 is 0 Å². The van der Waals surface area contributed by atoms with Crippen LogP contribution in [0.25, 0.3) is 6.08 Å². The quantitative estimate of drug-likeness (QED) is 0.780. The Morgan fingerprint density at radius 3 is 2.79 bits per heavy atom. The lowest BCUT2D eigenvalue weighted by molar-refractivity contribution is 0.0999. The molecule has 1 rings (SSSR count). The molecule has 1 aromatic rings. The van der Waals surface area contributed by atoms with Gasteiger partial charge in [-0.15, -0.1) is 0 Å². The summed E-state index contributed by atoms with van der Waals surface area (Å²) in [5.41, 5.74) is 7.86. The maximum Gasteiger partial charge on any atom is 0.248 e. The summed E-state index contributed by atoms with van der Waals surface area (Å²) in [5.74, 6) is -0.366. The van der Waals surface area contributed by atoms with Crippen molar-refractivity contribution in [1.82, 2.24) is 0 Å². The smallest absolute Gasteiger partial charge is 0.248 e. The summed E-state index contributed by atoms with van der Waals surface area (Å²) in [4.78, 5) is 11.0. The molecule has 0 spiro atoms. The lowest BCUT2D eigenvalue weighted by Gasteiger charge is -2.04. The Morgan fingerprint density at radius 2 is 2.21 bits per heavy atom. The van der Waals surface area contributed by atoms with Gasteiger partial charge >= 0.3 is 0 Å². The second-order valence-corrected chi connectivity index (χ2v) is 3.19. The topological polar surface area (TPSA) is 43.1 Å². The minimum atomic E-state index is -0.366. The normalized spacial score (nSPS) is 10.7. The zero-order valence-corrected chi connectivity index (χ0v) is 8.58. The van der Waals surface area contributed by atoms with E-state index >= 15 is 0 Å². The molecule has 2 N–H and O–H groups in total. The monoisotopic (exact) mass is 189 g/mol. The number of nitrogens with two attached hydrogens (primary N) is 1. The van der Waals surface area contributed by atoms with Gasteiger partial charge in [0.05, 0.1) is 0 Å². The predicted molar refractivity (Wildman–Crippen MR) is 59.0 cm³/mol. The first-order chi connectivity index (χ1) is 6.66. The number of primary amides is 1. The second kappa shape index (κ2) is 4.61. The molecular formula is C12H15NO. The molecule has 2 nitrogen and oxygen atoms in total. The van der Waals surface area contributed by atoms with Crippen LogP contribution in [0.1, 0.15) is 34.8 Å². The summed E-state index contributed by atoms with van der Waals surface area (Å²) in [6.45, 7) is 3.99. The van der Waals surface area contributed by atoms with E-state index in [9.17, 15) is 4.79 Å². The van der Waals surface area contributed by atoms with E-state index in [1.807, 2.05) is 25.1 Å². The van der Waals surface area contributed by atoms with Crippen molar-refractivity contribution in [2.75, 3.05) is 0 Å². The maximum absolute atomic E-state index is 11.0. The number of hydrogen-bond donors (Lipinski definition) is 1. The fourth-order valence-corrected chi connectivity index (χ4v) is 1.35. The van der Waals surface area contributed by atoms with Crippen molar-refractivity contribution >= 4 is 12.0 Å². The van der Waals surface area contributed by atoms with Gasteiger partial charge < -0.3 is 5.73 Å². The predicted octanol–water partition coefficient (Wildman–Crippen LogP) is 2.52. The molecule has 0 fully saturated rings. The molecule has 0 atom stereocenters. The largest absolute Gasteiger partial charge is 0.366 e. The van der Waals surface area contributed by atoms with Gasteiger partial charge in [-0.1, -0.05) is 31.2 Å². The van der Waals surface area contributed by atoms with Crippen LogP contribution in [-0.4, -0.2) is 5.91 Å². The average molecular weight is 189 g/mol. The standard InChI is InChI=1S/C12H15NO/c1-3-4-6-10-7-5-8-11(9(10)2)12(13)14/h4-8H,3H2,1-2H3,(H2,13,14). The fourth-order valence-electron chi connectivity index (χ4n) is 1.35. The van der Waals surface area contributed by atoms with E-state index in [0.717, 1.165) is 17.5 Å². The highest BCUT2D eigenvalue weighted by Crippen LogP contribution is 2.14.